The Kier molecular flexibility index (Phi) is 8.72. The predicted octanol–water partition coefficient (Wildman–Crippen LogP) is 3.81. The molecular weight excluding hydrogens is 474 g/mol. The first-order valence-electron chi connectivity index (χ1n) is 9.08. The molecule has 1 amide bonds. The third kappa shape index (κ3) is 6.65. The molecule has 1 aromatic carbocycles. The molecule has 8 heteroatoms. The lowest BCUT2D eigenvalue weighted by Gasteiger charge is -2.25. The summed E-state index contributed by atoms with van der Waals surface area (Å²) in [4.78, 5) is 18.5. The molecule has 1 aromatic heterocycles. The van der Waals surface area contributed by atoms with Gasteiger partial charge in [-0.15, -0.1) is 24.0 Å². The molecule has 0 unspecified atom stereocenters. The van der Waals surface area contributed by atoms with Crippen molar-refractivity contribution in [1.29, 1.82) is 0 Å². The van der Waals surface area contributed by atoms with Crippen LogP contribution in [0.15, 0.2) is 27.6 Å². The van der Waals surface area contributed by atoms with E-state index in [-0.39, 0.29) is 47.8 Å². The van der Waals surface area contributed by atoms with E-state index in [0.717, 1.165) is 10.9 Å². The average molecular weight is 504 g/mol. The fourth-order valence-corrected chi connectivity index (χ4v) is 2.76. The monoisotopic (exact) mass is 504 g/mol. The fourth-order valence-electron chi connectivity index (χ4n) is 2.76. The van der Waals surface area contributed by atoms with Crippen molar-refractivity contribution in [3.8, 4) is 0 Å². The fraction of sp³-hybridized carbons (Fsp3) is 0.500. The van der Waals surface area contributed by atoms with E-state index in [9.17, 15) is 9.18 Å². The lowest BCUT2D eigenvalue weighted by molar-refractivity contribution is -0.122. The molecule has 0 spiro atoms. The molecule has 2 rings (SSSR count). The molecule has 0 saturated carbocycles. The van der Waals surface area contributed by atoms with E-state index >= 15 is 0 Å². The number of likely N-dealkylation sites (N-methyl/N-ethyl adjacent to an activating group) is 1. The molecule has 156 valence electrons. The number of rotatable bonds is 5. The van der Waals surface area contributed by atoms with Crippen LogP contribution in [0.25, 0.3) is 11.0 Å². The van der Waals surface area contributed by atoms with Crippen LogP contribution in [0.3, 0.4) is 0 Å². The van der Waals surface area contributed by atoms with Gasteiger partial charge in [0.2, 0.25) is 5.91 Å². The van der Waals surface area contributed by atoms with Crippen molar-refractivity contribution in [3.63, 3.8) is 0 Å². The standard InChI is InChI=1S/C20H29FN4O2.HI/c1-7-22-19(25(6)12-18(26)24-20(3,4)5)23-11-17-13(2)15-10-14(21)8-9-16(15)27-17;/h8-10H,7,11-12H2,1-6H3,(H,22,23)(H,24,26);1H. The summed E-state index contributed by atoms with van der Waals surface area (Å²) in [7, 11) is 1.81. The third-order valence-electron chi connectivity index (χ3n) is 3.96. The summed E-state index contributed by atoms with van der Waals surface area (Å²) >= 11 is 0. The van der Waals surface area contributed by atoms with Crippen LogP contribution < -0.4 is 10.6 Å². The van der Waals surface area contributed by atoms with Crippen LogP contribution in [-0.4, -0.2) is 42.4 Å². The molecule has 0 aliphatic rings. The molecule has 0 aliphatic carbocycles. The Bertz CT molecular complexity index is 843. The zero-order chi connectivity index (χ0) is 20.2. The summed E-state index contributed by atoms with van der Waals surface area (Å²) in [5.41, 5.74) is 1.23. The van der Waals surface area contributed by atoms with Gasteiger partial charge in [0.15, 0.2) is 5.96 Å². The van der Waals surface area contributed by atoms with Crippen molar-refractivity contribution in [3.05, 3.63) is 35.3 Å². The molecule has 28 heavy (non-hydrogen) atoms. The van der Waals surface area contributed by atoms with Gasteiger partial charge in [0, 0.05) is 30.1 Å². The van der Waals surface area contributed by atoms with Gasteiger partial charge in [-0.25, -0.2) is 9.38 Å². The normalized spacial score (nSPS) is 11.9. The minimum Gasteiger partial charge on any atom is -0.459 e. The summed E-state index contributed by atoms with van der Waals surface area (Å²) in [6.07, 6.45) is 0. The summed E-state index contributed by atoms with van der Waals surface area (Å²) in [5, 5.41) is 6.87. The van der Waals surface area contributed by atoms with Gasteiger partial charge in [-0.2, -0.15) is 0 Å². The predicted molar refractivity (Wildman–Crippen MR) is 122 cm³/mol. The molecular formula is C20H30FIN4O2. The van der Waals surface area contributed by atoms with E-state index < -0.39 is 0 Å². The number of benzene rings is 1. The highest BCUT2D eigenvalue weighted by molar-refractivity contribution is 14.0. The number of carbonyl (C=O) groups is 1. The average Bonchev–Trinajstić information content (AvgIpc) is 2.85. The number of amides is 1. The molecule has 0 radical (unpaired) electrons. The van der Waals surface area contributed by atoms with Crippen molar-refractivity contribution in [2.45, 2.75) is 46.7 Å². The van der Waals surface area contributed by atoms with Crippen LogP contribution in [0.1, 0.15) is 39.0 Å². The molecule has 1 heterocycles. The summed E-state index contributed by atoms with van der Waals surface area (Å²) in [6.45, 7) is 10.8. The zero-order valence-electron chi connectivity index (χ0n) is 17.4. The van der Waals surface area contributed by atoms with E-state index in [0.29, 0.717) is 30.4 Å². The largest absolute Gasteiger partial charge is 0.459 e. The van der Waals surface area contributed by atoms with E-state index in [1.54, 1.807) is 11.0 Å². The van der Waals surface area contributed by atoms with Gasteiger partial charge in [-0.1, -0.05) is 0 Å². The first-order valence-corrected chi connectivity index (χ1v) is 9.08. The number of aryl methyl sites for hydroxylation is 1. The second-order valence-electron chi connectivity index (χ2n) is 7.62. The Labute approximate surface area is 183 Å². The number of hydrogen-bond donors (Lipinski definition) is 2. The zero-order valence-corrected chi connectivity index (χ0v) is 19.7. The van der Waals surface area contributed by atoms with Gasteiger partial charge in [-0.3, -0.25) is 4.79 Å². The highest BCUT2D eigenvalue weighted by Gasteiger charge is 2.17. The number of aliphatic imine (C=N–C) groups is 1. The number of furan rings is 1. The molecule has 6 nitrogen and oxygen atoms in total. The molecule has 0 aliphatic heterocycles. The van der Waals surface area contributed by atoms with Crippen LogP contribution in [0.5, 0.6) is 0 Å². The molecule has 0 saturated heterocycles. The van der Waals surface area contributed by atoms with Gasteiger partial charge in [-0.05, 0) is 52.8 Å². The SMILES string of the molecule is CCNC(=NCc1oc2ccc(F)cc2c1C)N(C)CC(=O)NC(C)(C)C.I. The molecule has 0 bridgehead atoms. The van der Waals surface area contributed by atoms with Gasteiger partial charge in [0.25, 0.3) is 0 Å². The number of hydrogen-bond acceptors (Lipinski definition) is 3. The highest BCUT2D eigenvalue weighted by Crippen LogP contribution is 2.26. The van der Waals surface area contributed by atoms with Crippen LogP contribution in [-0.2, 0) is 11.3 Å². The first-order chi connectivity index (χ1) is 12.6. The van der Waals surface area contributed by atoms with E-state index in [2.05, 4.69) is 15.6 Å². The maximum atomic E-state index is 13.5. The molecule has 0 atom stereocenters. The van der Waals surface area contributed by atoms with Gasteiger partial charge < -0.3 is 20.0 Å². The van der Waals surface area contributed by atoms with Crippen LogP contribution in [0, 0.1) is 12.7 Å². The second-order valence-corrected chi connectivity index (χ2v) is 7.62. The number of fused-ring (bicyclic) bond motifs is 1. The van der Waals surface area contributed by atoms with Crippen molar-refractivity contribution in [2.75, 3.05) is 20.1 Å². The van der Waals surface area contributed by atoms with Crippen LogP contribution in [0.4, 0.5) is 4.39 Å². The van der Waals surface area contributed by atoms with Crippen molar-refractivity contribution in [1.82, 2.24) is 15.5 Å². The van der Waals surface area contributed by atoms with Crippen molar-refractivity contribution in [2.24, 2.45) is 4.99 Å². The smallest absolute Gasteiger partial charge is 0.240 e. The van der Waals surface area contributed by atoms with Crippen molar-refractivity contribution >= 4 is 46.8 Å². The quantitative estimate of drug-likeness (QED) is 0.369. The van der Waals surface area contributed by atoms with Gasteiger partial charge in [0.05, 0.1) is 6.54 Å². The van der Waals surface area contributed by atoms with E-state index in [1.807, 2.05) is 41.7 Å². The second kappa shape index (κ2) is 10.1. The third-order valence-corrected chi connectivity index (χ3v) is 3.96. The number of nitrogens with one attached hydrogen (secondary N) is 2. The van der Waals surface area contributed by atoms with Crippen LogP contribution in [0.2, 0.25) is 0 Å². The Morgan fingerprint density at radius 3 is 2.61 bits per heavy atom. The summed E-state index contributed by atoms with van der Waals surface area (Å²) < 4.78 is 19.3. The topological polar surface area (TPSA) is 69.9 Å². The Hall–Kier alpha value is -1.84. The minimum absolute atomic E-state index is 0. The molecule has 2 aromatic rings. The number of nitrogens with zero attached hydrogens (tertiary/aromatic N) is 2. The Morgan fingerprint density at radius 2 is 2.00 bits per heavy atom. The number of guanidine groups is 1. The van der Waals surface area contributed by atoms with Gasteiger partial charge >= 0.3 is 0 Å². The molecule has 2 N–H and O–H groups in total. The number of halogens is 2. The van der Waals surface area contributed by atoms with E-state index in [4.69, 9.17) is 4.42 Å². The highest BCUT2D eigenvalue weighted by atomic mass is 127. The maximum Gasteiger partial charge on any atom is 0.240 e. The lowest BCUT2D eigenvalue weighted by atomic mass is 10.1. The van der Waals surface area contributed by atoms with E-state index in [1.165, 1.54) is 12.1 Å². The van der Waals surface area contributed by atoms with Crippen LogP contribution >= 0.6 is 24.0 Å². The van der Waals surface area contributed by atoms with Crippen molar-refractivity contribution < 1.29 is 13.6 Å². The maximum absolute atomic E-state index is 13.5. The minimum atomic E-state index is -0.292. The first kappa shape index (κ1) is 24.2. The van der Waals surface area contributed by atoms with Gasteiger partial charge in [0.1, 0.15) is 23.7 Å². The Balaban J connectivity index is 0.00000392. The number of carbonyl (C=O) groups excluding carboxylic acids is 1. The summed E-state index contributed by atoms with van der Waals surface area (Å²) in [6, 6.07) is 4.47. The Morgan fingerprint density at radius 1 is 1.32 bits per heavy atom. The lowest BCUT2D eigenvalue weighted by Crippen LogP contribution is -2.48. The molecule has 0 fully saturated rings. The summed E-state index contributed by atoms with van der Waals surface area (Å²) in [5.74, 6) is 0.913.